The summed E-state index contributed by atoms with van der Waals surface area (Å²) in [7, 11) is 0. The van der Waals surface area contributed by atoms with Crippen molar-refractivity contribution < 1.29 is 0 Å². The molecule has 0 aromatic heterocycles. The topological polar surface area (TPSA) is 53.6 Å². The highest BCUT2D eigenvalue weighted by Gasteiger charge is 2.13. The first-order chi connectivity index (χ1) is 11.3. The fraction of sp³-hybridized carbons (Fsp3) is 0.316. The van der Waals surface area contributed by atoms with Crippen molar-refractivity contribution in [2.75, 3.05) is 23.3 Å². The van der Waals surface area contributed by atoms with Crippen molar-refractivity contribution >= 4 is 41.3 Å². The molecule has 0 atom stereocenters. The second kappa shape index (κ2) is 9.52. The molecule has 0 aliphatic carbocycles. The molecule has 5 heteroatoms. The molecule has 4 nitrogen and oxygen atoms in total. The van der Waals surface area contributed by atoms with Crippen LogP contribution >= 0.6 is 24.0 Å². The van der Waals surface area contributed by atoms with Gasteiger partial charge in [0.2, 0.25) is 0 Å². The number of hydrogen-bond acceptors (Lipinski definition) is 2. The summed E-state index contributed by atoms with van der Waals surface area (Å²) in [6.45, 7) is 2.87. The van der Waals surface area contributed by atoms with Crippen LogP contribution in [0.4, 0.5) is 11.4 Å². The highest BCUT2D eigenvalue weighted by Crippen LogP contribution is 2.24. The van der Waals surface area contributed by atoms with Crippen LogP contribution in [0.2, 0.25) is 0 Å². The molecule has 128 valence electrons. The van der Waals surface area contributed by atoms with E-state index < -0.39 is 0 Å². The van der Waals surface area contributed by atoms with Gasteiger partial charge in [0.05, 0.1) is 6.54 Å². The highest BCUT2D eigenvalue weighted by molar-refractivity contribution is 14.0. The minimum atomic E-state index is 0. The molecular formula is C19H25IN4. The Morgan fingerprint density at radius 1 is 0.958 bits per heavy atom. The lowest BCUT2D eigenvalue weighted by molar-refractivity contribution is 0.576. The summed E-state index contributed by atoms with van der Waals surface area (Å²) in [5.74, 6) is 0.449. The van der Waals surface area contributed by atoms with E-state index in [1.807, 2.05) is 30.3 Å². The molecule has 1 saturated heterocycles. The van der Waals surface area contributed by atoms with Crippen molar-refractivity contribution in [3.63, 3.8) is 0 Å². The van der Waals surface area contributed by atoms with Gasteiger partial charge in [-0.2, -0.15) is 0 Å². The fourth-order valence-corrected chi connectivity index (χ4v) is 2.97. The van der Waals surface area contributed by atoms with Gasteiger partial charge >= 0.3 is 0 Å². The number of nitrogens with one attached hydrogen (secondary N) is 1. The highest BCUT2D eigenvalue weighted by atomic mass is 127. The molecule has 0 bridgehead atoms. The minimum absolute atomic E-state index is 0. The summed E-state index contributed by atoms with van der Waals surface area (Å²) in [6, 6.07) is 18.4. The number of benzene rings is 2. The zero-order chi connectivity index (χ0) is 15.9. The van der Waals surface area contributed by atoms with Gasteiger partial charge in [-0.15, -0.1) is 24.0 Å². The zero-order valence-corrected chi connectivity index (χ0v) is 16.1. The quantitative estimate of drug-likeness (QED) is 0.429. The van der Waals surface area contributed by atoms with Gasteiger partial charge in [-0.3, -0.25) is 0 Å². The Morgan fingerprint density at radius 3 is 2.38 bits per heavy atom. The number of guanidine groups is 1. The van der Waals surface area contributed by atoms with Gasteiger partial charge in [-0.1, -0.05) is 36.4 Å². The number of hydrogen-bond donors (Lipinski definition) is 2. The molecule has 2 aromatic carbocycles. The number of nitrogens with two attached hydrogens (primary N) is 1. The maximum absolute atomic E-state index is 6.01. The number of rotatable bonds is 4. The Labute approximate surface area is 161 Å². The number of para-hydroxylation sites is 2. The van der Waals surface area contributed by atoms with E-state index in [0.29, 0.717) is 12.5 Å². The molecule has 1 aliphatic rings. The predicted molar refractivity (Wildman–Crippen MR) is 113 cm³/mol. The first kappa shape index (κ1) is 18.6. The molecule has 0 amide bonds. The molecule has 2 aromatic rings. The third-order valence-corrected chi connectivity index (χ3v) is 4.15. The first-order valence-electron chi connectivity index (χ1n) is 8.28. The Hall–Kier alpha value is -1.76. The normalized spacial score (nSPS) is 14.8. The van der Waals surface area contributed by atoms with Crippen molar-refractivity contribution in [1.82, 2.24) is 0 Å². The van der Waals surface area contributed by atoms with E-state index in [1.54, 1.807) is 0 Å². The van der Waals surface area contributed by atoms with Crippen LogP contribution in [0.5, 0.6) is 0 Å². The summed E-state index contributed by atoms with van der Waals surface area (Å²) < 4.78 is 0. The minimum Gasteiger partial charge on any atom is -0.371 e. The van der Waals surface area contributed by atoms with Crippen molar-refractivity contribution in [3.05, 3.63) is 60.2 Å². The van der Waals surface area contributed by atoms with Gasteiger partial charge in [-0.25, -0.2) is 4.99 Å². The summed E-state index contributed by atoms with van der Waals surface area (Å²) >= 11 is 0. The maximum Gasteiger partial charge on any atom is 0.193 e. The maximum atomic E-state index is 6.01. The van der Waals surface area contributed by atoms with E-state index >= 15 is 0 Å². The van der Waals surface area contributed by atoms with Gasteiger partial charge in [0, 0.05) is 24.5 Å². The molecule has 1 aliphatic heterocycles. The largest absolute Gasteiger partial charge is 0.371 e. The molecule has 24 heavy (non-hydrogen) atoms. The third-order valence-electron chi connectivity index (χ3n) is 4.15. The smallest absolute Gasteiger partial charge is 0.193 e. The number of piperidine rings is 1. The standard InChI is InChI=1S/C19H24N4.HI/c20-19(22-17-10-3-1-4-11-17)21-15-16-9-5-6-12-18(16)23-13-7-2-8-14-23;/h1,3-6,9-12H,2,7-8,13-15H2,(H3,20,21,22);1H. The van der Waals surface area contributed by atoms with Crippen LogP contribution in [0.25, 0.3) is 0 Å². The van der Waals surface area contributed by atoms with Gasteiger partial charge in [0.1, 0.15) is 0 Å². The lowest BCUT2D eigenvalue weighted by Crippen LogP contribution is -2.30. The Morgan fingerprint density at radius 2 is 1.62 bits per heavy atom. The van der Waals surface area contributed by atoms with E-state index in [4.69, 9.17) is 5.73 Å². The Kier molecular flexibility index (Phi) is 7.36. The second-order valence-corrected chi connectivity index (χ2v) is 5.87. The van der Waals surface area contributed by atoms with Crippen LogP contribution in [-0.2, 0) is 6.54 Å². The predicted octanol–water partition coefficient (Wildman–Crippen LogP) is 4.22. The summed E-state index contributed by atoms with van der Waals surface area (Å²) in [5, 5.41) is 3.13. The van der Waals surface area contributed by atoms with Crippen LogP contribution < -0.4 is 16.0 Å². The average molecular weight is 436 g/mol. The molecule has 0 radical (unpaired) electrons. The Balaban J connectivity index is 0.00000208. The molecule has 0 spiro atoms. The van der Waals surface area contributed by atoms with E-state index in [9.17, 15) is 0 Å². The van der Waals surface area contributed by atoms with Gasteiger partial charge in [-0.05, 0) is 43.0 Å². The van der Waals surface area contributed by atoms with Crippen LogP contribution in [0.1, 0.15) is 24.8 Å². The van der Waals surface area contributed by atoms with Crippen LogP contribution in [0.15, 0.2) is 59.6 Å². The molecule has 0 saturated carbocycles. The summed E-state index contributed by atoms with van der Waals surface area (Å²) in [5.41, 5.74) is 9.49. The van der Waals surface area contributed by atoms with Crippen LogP contribution in [0, 0.1) is 0 Å². The lowest BCUT2D eigenvalue weighted by Gasteiger charge is -2.30. The molecule has 3 N–H and O–H groups in total. The van der Waals surface area contributed by atoms with Crippen molar-refractivity contribution in [2.45, 2.75) is 25.8 Å². The first-order valence-corrected chi connectivity index (χ1v) is 8.28. The van der Waals surface area contributed by atoms with Crippen molar-refractivity contribution in [3.8, 4) is 0 Å². The van der Waals surface area contributed by atoms with E-state index in [-0.39, 0.29) is 24.0 Å². The average Bonchev–Trinajstić information content (AvgIpc) is 2.62. The van der Waals surface area contributed by atoms with Crippen LogP contribution in [-0.4, -0.2) is 19.0 Å². The summed E-state index contributed by atoms with van der Waals surface area (Å²) in [4.78, 5) is 6.97. The SMILES string of the molecule is I.NC(=NCc1ccccc1N1CCCCC1)Nc1ccccc1. The summed E-state index contributed by atoms with van der Waals surface area (Å²) in [6.07, 6.45) is 3.88. The van der Waals surface area contributed by atoms with Gasteiger partial charge in [0.15, 0.2) is 5.96 Å². The molecule has 1 heterocycles. The molecule has 1 fully saturated rings. The monoisotopic (exact) mass is 436 g/mol. The zero-order valence-electron chi connectivity index (χ0n) is 13.8. The number of nitrogens with zero attached hydrogens (tertiary/aromatic N) is 2. The van der Waals surface area contributed by atoms with E-state index in [2.05, 4.69) is 39.5 Å². The number of anilines is 2. The Bertz CT molecular complexity index is 651. The lowest BCUT2D eigenvalue weighted by atomic mass is 10.1. The second-order valence-electron chi connectivity index (χ2n) is 5.87. The molecule has 0 unspecified atom stereocenters. The van der Waals surface area contributed by atoms with E-state index in [1.165, 1.54) is 30.5 Å². The number of aliphatic imine (C=N–C) groups is 1. The van der Waals surface area contributed by atoms with Crippen LogP contribution in [0.3, 0.4) is 0 Å². The molecule has 3 rings (SSSR count). The van der Waals surface area contributed by atoms with Crippen molar-refractivity contribution in [1.29, 1.82) is 0 Å². The van der Waals surface area contributed by atoms with Gasteiger partial charge in [0.25, 0.3) is 0 Å². The third kappa shape index (κ3) is 5.12. The van der Waals surface area contributed by atoms with Gasteiger partial charge < -0.3 is 16.0 Å². The van der Waals surface area contributed by atoms with Crippen molar-refractivity contribution in [2.24, 2.45) is 10.7 Å². The van der Waals surface area contributed by atoms with E-state index in [0.717, 1.165) is 18.8 Å². The number of halogens is 1. The fourth-order valence-electron chi connectivity index (χ4n) is 2.97. The molecular weight excluding hydrogens is 411 g/mol.